The number of nitrogens with zero attached hydrogens (tertiary/aromatic N) is 2. The molecule has 1 amide bonds. The van der Waals surface area contributed by atoms with Crippen LogP contribution < -0.4 is 4.90 Å². The van der Waals surface area contributed by atoms with E-state index in [4.69, 9.17) is 0 Å². The van der Waals surface area contributed by atoms with E-state index >= 15 is 0 Å². The number of rotatable bonds is 4. The van der Waals surface area contributed by atoms with Gasteiger partial charge in [-0.1, -0.05) is 0 Å². The Bertz CT molecular complexity index is 473. The van der Waals surface area contributed by atoms with E-state index in [0.717, 1.165) is 6.54 Å². The third-order valence-corrected chi connectivity index (χ3v) is 3.65. The molecule has 4 nitrogen and oxygen atoms in total. The molecule has 0 saturated carbocycles. The average molecular weight is 280 g/mol. The quantitative estimate of drug-likeness (QED) is 0.912. The lowest BCUT2D eigenvalue weighted by molar-refractivity contribution is -0.119. The number of hydrogen-bond acceptors (Lipinski definition) is 3. The first-order valence-corrected chi connectivity index (χ1v) is 6.92. The molecule has 1 aromatic carbocycles. The number of anilines is 1. The Morgan fingerprint density at radius 1 is 1.45 bits per heavy atom. The lowest BCUT2D eigenvalue weighted by Gasteiger charge is -2.25. The van der Waals surface area contributed by atoms with Crippen LogP contribution in [0.3, 0.4) is 0 Å². The van der Waals surface area contributed by atoms with Crippen molar-refractivity contribution >= 4 is 11.6 Å². The molecule has 1 aliphatic rings. The van der Waals surface area contributed by atoms with Crippen LogP contribution >= 0.6 is 0 Å². The number of likely N-dealkylation sites (N-methyl/N-ethyl adjacent to an activating group) is 1. The first-order chi connectivity index (χ1) is 9.41. The van der Waals surface area contributed by atoms with Crippen LogP contribution in [-0.2, 0) is 4.79 Å². The molecule has 2 rings (SSSR count). The van der Waals surface area contributed by atoms with Crippen molar-refractivity contribution in [3.63, 3.8) is 0 Å². The van der Waals surface area contributed by atoms with Crippen LogP contribution in [-0.4, -0.2) is 47.7 Å². The van der Waals surface area contributed by atoms with E-state index in [2.05, 4.69) is 0 Å². The molecule has 20 heavy (non-hydrogen) atoms. The average Bonchev–Trinajstić information content (AvgIpc) is 2.72. The summed E-state index contributed by atoms with van der Waals surface area (Å²) in [5, 5.41) is 9.91. The molecule has 1 N–H and O–H groups in total. The summed E-state index contributed by atoms with van der Waals surface area (Å²) in [6.07, 6.45) is 0.683. The van der Waals surface area contributed by atoms with Gasteiger partial charge < -0.3 is 10.0 Å². The Labute approximate surface area is 118 Å². The number of benzene rings is 1. The molecule has 1 saturated heterocycles. The highest BCUT2D eigenvalue weighted by atomic mass is 19.1. The fourth-order valence-corrected chi connectivity index (χ4v) is 2.57. The number of β-amino-alcohol motifs (C(OH)–C–C–N with tert-alkyl or cyclic N) is 1. The predicted octanol–water partition coefficient (Wildman–Crippen LogP) is 1.64. The highest BCUT2D eigenvalue weighted by molar-refractivity contribution is 5.94. The summed E-state index contributed by atoms with van der Waals surface area (Å²) in [4.78, 5) is 15.9. The van der Waals surface area contributed by atoms with Gasteiger partial charge in [0, 0.05) is 25.3 Å². The molecular formula is C15H21FN2O2. The SMILES string of the molecule is CCN(C(=O)CN1CCC(C)(O)C1)c1ccc(F)cc1. The Balaban J connectivity index is 2.01. The Hall–Kier alpha value is -1.46. The topological polar surface area (TPSA) is 43.8 Å². The normalized spacial score (nSPS) is 23.0. The molecule has 0 radical (unpaired) electrons. The van der Waals surface area contributed by atoms with Crippen molar-refractivity contribution in [2.75, 3.05) is 31.1 Å². The zero-order chi connectivity index (χ0) is 14.8. The lowest BCUT2D eigenvalue weighted by Crippen LogP contribution is -2.41. The first kappa shape index (κ1) is 14.9. The molecule has 5 heteroatoms. The first-order valence-electron chi connectivity index (χ1n) is 6.92. The molecule has 1 heterocycles. The second-order valence-corrected chi connectivity index (χ2v) is 5.57. The van der Waals surface area contributed by atoms with Gasteiger partial charge in [-0.15, -0.1) is 0 Å². The minimum atomic E-state index is -0.701. The number of likely N-dealkylation sites (tertiary alicyclic amines) is 1. The highest BCUT2D eigenvalue weighted by Crippen LogP contribution is 2.21. The molecule has 1 aromatic rings. The van der Waals surface area contributed by atoms with Crippen LogP contribution in [0.1, 0.15) is 20.3 Å². The number of hydrogen-bond donors (Lipinski definition) is 1. The molecule has 1 fully saturated rings. The molecule has 0 aromatic heterocycles. The fraction of sp³-hybridized carbons (Fsp3) is 0.533. The Morgan fingerprint density at radius 3 is 2.60 bits per heavy atom. The van der Waals surface area contributed by atoms with Crippen LogP contribution in [0.4, 0.5) is 10.1 Å². The summed E-state index contributed by atoms with van der Waals surface area (Å²) in [5.41, 5.74) is -0.00225. The highest BCUT2D eigenvalue weighted by Gasteiger charge is 2.32. The van der Waals surface area contributed by atoms with Gasteiger partial charge in [0.25, 0.3) is 0 Å². The summed E-state index contributed by atoms with van der Waals surface area (Å²) in [7, 11) is 0. The molecule has 110 valence electrons. The van der Waals surface area contributed by atoms with Crippen molar-refractivity contribution in [1.29, 1.82) is 0 Å². The minimum absolute atomic E-state index is 0.0307. The van der Waals surface area contributed by atoms with Gasteiger partial charge >= 0.3 is 0 Å². The van der Waals surface area contributed by atoms with E-state index in [9.17, 15) is 14.3 Å². The van der Waals surface area contributed by atoms with E-state index in [1.54, 1.807) is 24.0 Å². The van der Waals surface area contributed by atoms with Gasteiger partial charge in [0.15, 0.2) is 0 Å². The minimum Gasteiger partial charge on any atom is -0.389 e. The maximum Gasteiger partial charge on any atom is 0.241 e. The third-order valence-electron chi connectivity index (χ3n) is 3.65. The van der Waals surface area contributed by atoms with E-state index in [-0.39, 0.29) is 18.3 Å². The second-order valence-electron chi connectivity index (χ2n) is 5.57. The van der Waals surface area contributed by atoms with Gasteiger partial charge in [-0.2, -0.15) is 0 Å². The summed E-state index contributed by atoms with van der Waals surface area (Å²) in [6.45, 7) is 5.73. The number of carbonyl (C=O) groups is 1. The zero-order valence-electron chi connectivity index (χ0n) is 12.0. The molecule has 0 aliphatic carbocycles. The van der Waals surface area contributed by atoms with E-state index < -0.39 is 5.60 Å². The molecule has 0 bridgehead atoms. The fourth-order valence-electron chi connectivity index (χ4n) is 2.57. The van der Waals surface area contributed by atoms with E-state index in [1.165, 1.54) is 12.1 Å². The van der Waals surface area contributed by atoms with Crippen LogP contribution in [0, 0.1) is 5.82 Å². The van der Waals surface area contributed by atoms with Crippen molar-refractivity contribution in [3.05, 3.63) is 30.1 Å². The summed E-state index contributed by atoms with van der Waals surface area (Å²) in [5.74, 6) is -0.343. The molecular weight excluding hydrogens is 259 g/mol. The molecule has 1 atom stereocenters. The lowest BCUT2D eigenvalue weighted by atomic mass is 10.1. The smallest absolute Gasteiger partial charge is 0.241 e. The van der Waals surface area contributed by atoms with Crippen LogP contribution in [0.2, 0.25) is 0 Å². The summed E-state index contributed by atoms with van der Waals surface area (Å²) in [6, 6.07) is 5.92. The Kier molecular flexibility index (Phi) is 4.40. The van der Waals surface area contributed by atoms with Crippen molar-refractivity contribution in [3.8, 4) is 0 Å². The monoisotopic (exact) mass is 280 g/mol. The molecule has 1 aliphatic heterocycles. The van der Waals surface area contributed by atoms with Gasteiger partial charge in [-0.05, 0) is 44.5 Å². The van der Waals surface area contributed by atoms with Gasteiger partial charge in [0.05, 0.1) is 12.1 Å². The maximum absolute atomic E-state index is 12.9. The van der Waals surface area contributed by atoms with Crippen LogP contribution in [0.5, 0.6) is 0 Å². The molecule has 1 unspecified atom stereocenters. The van der Waals surface area contributed by atoms with Gasteiger partial charge in [0.1, 0.15) is 5.82 Å². The van der Waals surface area contributed by atoms with Crippen LogP contribution in [0.15, 0.2) is 24.3 Å². The zero-order valence-corrected chi connectivity index (χ0v) is 12.0. The molecule has 0 spiro atoms. The van der Waals surface area contributed by atoms with E-state index in [0.29, 0.717) is 25.2 Å². The van der Waals surface area contributed by atoms with Crippen LogP contribution in [0.25, 0.3) is 0 Å². The van der Waals surface area contributed by atoms with E-state index in [1.807, 2.05) is 11.8 Å². The number of aliphatic hydroxyl groups is 1. The third kappa shape index (κ3) is 3.55. The largest absolute Gasteiger partial charge is 0.389 e. The van der Waals surface area contributed by atoms with Gasteiger partial charge in [-0.3, -0.25) is 9.69 Å². The standard InChI is InChI=1S/C15H21FN2O2/c1-3-18(13-6-4-12(16)5-7-13)14(19)10-17-9-8-15(2,20)11-17/h4-7,20H,3,8-11H2,1-2H3. The number of halogens is 1. The Morgan fingerprint density at radius 2 is 2.10 bits per heavy atom. The maximum atomic E-state index is 12.9. The number of amides is 1. The predicted molar refractivity (Wildman–Crippen MR) is 76.1 cm³/mol. The van der Waals surface area contributed by atoms with Crippen molar-refractivity contribution in [1.82, 2.24) is 4.90 Å². The van der Waals surface area contributed by atoms with Crippen molar-refractivity contribution < 1.29 is 14.3 Å². The summed E-state index contributed by atoms with van der Waals surface area (Å²) < 4.78 is 12.9. The van der Waals surface area contributed by atoms with Gasteiger partial charge in [0.2, 0.25) is 5.91 Å². The second kappa shape index (κ2) is 5.89. The number of carbonyl (C=O) groups excluding carboxylic acids is 1. The van der Waals surface area contributed by atoms with Crippen molar-refractivity contribution in [2.45, 2.75) is 25.9 Å². The van der Waals surface area contributed by atoms with Gasteiger partial charge in [-0.25, -0.2) is 4.39 Å². The van der Waals surface area contributed by atoms with Crippen molar-refractivity contribution in [2.24, 2.45) is 0 Å². The summed E-state index contributed by atoms with van der Waals surface area (Å²) >= 11 is 0.